The second-order valence-corrected chi connectivity index (χ2v) is 4.34. The van der Waals surface area contributed by atoms with Crippen LogP contribution in [0, 0.1) is 0 Å². The lowest BCUT2D eigenvalue weighted by atomic mass is 10.3. The van der Waals surface area contributed by atoms with E-state index in [1.54, 1.807) is 18.2 Å². The smallest absolute Gasteiger partial charge is 0.319 e. The maximum atomic E-state index is 11.4. The summed E-state index contributed by atoms with van der Waals surface area (Å²) in [6, 6.07) is 4.50. The molecule has 0 aliphatic rings. The fourth-order valence-electron chi connectivity index (χ4n) is 1.24. The summed E-state index contributed by atoms with van der Waals surface area (Å²) in [4.78, 5) is 11.4. The maximum Gasteiger partial charge on any atom is 0.319 e. The molecule has 0 aliphatic carbocycles. The third kappa shape index (κ3) is 5.77. The second-order valence-electron chi connectivity index (χ2n) is 3.47. The molecule has 0 bridgehead atoms. The zero-order valence-corrected chi connectivity index (χ0v) is 10.7. The van der Waals surface area contributed by atoms with Crippen LogP contribution >= 0.6 is 23.2 Å². The van der Waals surface area contributed by atoms with E-state index in [-0.39, 0.29) is 12.6 Å². The number of carbonyl (C=O) groups excluding carboxylic acids is 1. The van der Waals surface area contributed by atoms with E-state index in [2.05, 4.69) is 10.6 Å². The monoisotopic (exact) mass is 276 g/mol. The lowest BCUT2D eigenvalue weighted by molar-refractivity contribution is 0.250. The molecule has 0 saturated carbocycles. The van der Waals surface area contributed by atoms with Gasteiger partial charge in [-0.25, -0.2) is 4.79 Å². The Balaban J connectivity index is 2.39. The van der Waals surface area contributed by atoms with Gasteiger partial charge < -0.3 is 15.7 Å². The molecule has 0 fully saturated rings. The first kappa shape index (κ1) is 14.1. The van der Waals surface area contributed by atoms with Gasteiger partial charge in [-0.3, -0.25) is 0 Å². The molecule has 0 spiro atoms. The Bertz CT molecular complexity index is 365. The Morgan fingerprint density at radius 3 is 2.41 bits per heavy atom. The van der Waals surface area contributed by atoms with Crippen LogP contribution in [0.5, 0.6) is 0 Å². The number of rotatable bonds is 5. The van der Waals surface area contributed by atoms with Crippen molar-refractivity contribution in [3.05, 3.63) is 28.2 Å². The van der Waals surface area contributed by atoms with Crippen molar-refractivity contribution in [2.45, 2.75) is 12.8 Å². The Kier molecular flexibility index (Phi) is 6.11. The first-order valence-electron chi connectivity index (χ1n) is 5.23. The SMILES string of the molecule is O=C(NCCCCO)Nc1cc(Cl)cc(Cl)c1. The average molecular weight is 277 g/mol. The average Bonchev–Trinajstić information content (AvgIpc) is 2.23. The van der Waals surface area contributed by atoms with E-state index in [1.807, 2.05) is 0 Å². The maximum absolute atomic E-state index is 11.4. The summed E-state index contributed by atoms with van der Waals surface area (Å²) in [5, 5.41) is 14.8. The number of benzene rings is 1. The number of unbranched alkanes of at least 4 members (excludes halogenated alkanes) is 1. The minimum atomic E-state index is -0.318. The summed E-state index contributed by atoms with van der Waals surface area (Å²) < 4.78 is 0. The van der Waals surface area contributed by atoms with E-state index in [4.69, 9.17) is 28.3 Å². The predicted molar refractivity (Wildman–Crippen MR) is 69.8 cm³/mol. The number of hydrogen-bond acceptors (Lipinski definition) is 2. The Morgan fingerprint density at radius 2 is 1.82 bits per heavy atom. The molecular weight excluding hydrogens is 263 g/mol. The number of amides is 2. The van der Waals surface area contributed by atoms with Crippen LogP contribution < -0.4 is 10.6 Å². The van der Waals surface area contributed by atoms with E-state index in [0.717, 1.165) is 6.42 Å². The standard InChI is InChI=1S/C11H14Cl2N2O2/c12-8-5-9(13)7-10(6-8)15-11(17)14-3-1-2-4-16/h5-7,16H,1-4H2,(H2,14,15,17). The van der Waals surface area contributed by atoms with Gasteiger partial charge in [0.25, 0.3) is 0 Å². The molecule has 6 heteroatoms. The number of aliphatic hydroxyl groups excluding tert-OH is 1. The van der Waals surface area contributed by atoms with Crippen LogP contribution in [0.15, 0.2) is 18.2 Å². The van der Waals surface area contributed by atoms with E-state index < -0.39 is 0 Å². The fourth-order valence-corrected chi connectivity index (χ4v) is 1.77. The number of aliphatic hydroxyl groups is 1. The van der Waals surface area contributed by atoms with E-state index in [9.17, 15) is 4.79 Å². The third-order valence-corrected chi connectivity index (χ3v) is 2.43. The van der Waals surface area contributed by atoms with Gasteiger partial charge in [-0.2, -0.15) is 0 Å². The molecule has 4 nitrogen and oxygen atoms in total. The second kappa shape index (κ2) is 7.37. The predicted octanol–water partition coefficient (Wildman–Crippen LogP) is 2.89. The minimum absolute atomic E-state index is 0.132. The zero-order chi connectivity index (χ0) is 12.7. The van der Waals surface area contributed by atoms with Crippen LogP contribution in [0.2, 0.25) is 10.0 Å². The van der Waals surface area contributed by atoms with Crippen molar-refractivity contribution in [3.8, 4) is 0 Å². The number of halogens is 2. The van der Waals surface area contributed by atoms with Crippen LogP contribution in [-0.2, 0) is 0 Å². The van der Waals surface area contributed by atoms with Crippen molar-refractivity contribution in [2.24, 2.45) is 0 Å². The van der Waals surface area contributed by atoms with Gasteiger partial charge in [-0.1, -0.05) is 23.2 Å². The van der Waals surface area contributed by atoms with Gasteiger partial charge in [0, 0.05) is 28.9 Å². The van der Waals surface area contributed by atoms with Gasteiger partial charge >= 0.3 is 6.03 Å². The number of urea groups is 1. The first-order chi connectivity index (χ1) is 8.11. The fraction of sp³-hybridized carbons (Fsp3) is 0.364. The van der Waals surface area contributed by atoms with E-state index in [0.29, 0.717) is 28.7 Å². The van der Waals surface area contributed by atoms with Gasteiger partial charge in [0.1, 0.15) is 0 Å². The molecule has 0 saturated heterocycles. The summed E-state index contributed by atoms with van der Waals surface area (Å²) in [5.41, 5.74) is 0.544. The minimum Gasteiger partial charge on any atom is -0.396 e. The van der Waals surface area contributed by atoms with E-state index in [1.165, 1.54) is 0 Å². The lowest BCUT2D eigenvalue weighted by Gasteiger charge is -2.08. The molecule has 0 aliphatic heterocycles. The quantitative estimate of drug-likeness (QED) is 0.725. The summed E-state index contributed by atoms with van der Waals surface area (Å²) in [6.07, 6.45) is 1.41. The van der Waals surface area contributed by atoms with Gasteiger partial charge in [-0.15, -0.1) is 0 Å². The highest BCUT2D eigenvalue weighted by molar-refractivity contribution is 6.35. The van der Waals surface area contributed by atoms with Gasteiger partial charge in [0.2, 0.25) is 0 Å². The van der Waals surface area contributed by atoms with Gasteiger partial charge in [0.05, 0.1) is 0 Å². The molecule has 1 rings (SSSR count). The highest BCUT2D eigenvalue weighted by Crippen LogP contribution is 2.22. The van der Waals surface area contributed by atoms with Crippen LogP contribution in [0.25, 0.3) is 0 Å². The zero-order valence-electron chi connectivity index (χ0n) is 9.17. The number of carbonyl (C=O) groups is 1. The van der Waals surface area contributed by atoms with Crippen molar-refractivity contribution >= 4 is 34.9 Å². The normalized spacial score (nSPS) is 10.1. The summed E-state index contributed by atoms with van der Waals surface area (Å²) in [6.45, 7) is 0.647. The number of anilines is 1. The third-order valence-electron chi connectivity index (χ3n) is 1.99. The molecule has 0 radical (unpaired) electrons. The van der Waals surface area contributed by atoms with Gasteiger partial charge in [-0.05, 0) is 31.0 Å². The topological polar surface area (TPSA) is 61.4 Å². The largest absolute Gasteiger partial charge is 0.396 e. The first-order valence-corrected chi connectivity index (χ1v) is 5.99. The summed E-state index contributed by atoms with van der Waals surface area (Å²) >= 11 is 11.6. The Labute approximate surface area is 110 Å². The molecular formula is C11H14Cl2N2O2. The molecule has 1 aromatic rings. The Hall–Kier alpha value is -0.970. The molecule has 0 heterocycles. The van der Waals surface area contributed by atoms with Crippen molar-refractivity contribution in [1.29, 1.82) is 0 Å². The number of hydrogen-bond donors (Lipinski definition) is 3. The van der Waals surface area contributed by atoms with E-state index >= 15 is 0 Å². The molecule has 2 amide bonds. The molecule has 17 heavy (non-hydrogen) atoms. The van der Waals surface area contributed by atoms with Crippen LogP contribution in [0.3, 0.4) is 0 Å². The molecule has 3 N–H and O–H groups in total. The van der Waals surface area contributed by atoms with Crippen LogP contribution in [0.4, 0.5) is 10.5 Å². The molecule has 0 aromatic heterocycles. The molecule has 1 aromatic carbocycles. The van der Waals surface area contributed by atoms with Gasteiger partial charge in [0.15, 0.2) is 0 Å². The van der Waals surface area contributed by atoms with Crippen LogP contribution in [0.1, 0.15) is 12.8 Å². The van der Waals surface area contributed by atoms with Crippen molar-refractivity contribution in [3.63, 3.8) is 0 Å². The molecule has 0 unspecified atom stereocenters. The summed E-state index contributed by atoms with van der Waals surface area (Å²) in [7, 11) is 0. The number of nitrogens with one attached hydrogen (secondary N) is 2. The van der Waals surface area contributed by atoms with Crippen LogP contribution in [-0.4, -0.2) is 24.3 Å². The molecule has 0 atom stereocenters. The van der Waals surface area contributed by atoms with Crippen molar-refractivity contribution < 1.29 is 9.90 Å². The summed E-state index contributed by atoms with van der Waals surface area (Å²) in [5.74, 6) is 0. The van der Waals surface area contributed by atoms with Crippen molar-refractivity contribution in [2.75, 3.05) is 18.5 Å². The Morgan fingerprint density at radius 1 is 1.18 bits per heavy atom. The highest BCUT2D eigenvalue weighted by atomic mass is 35.5. The van der Waals surface area contributed by atoms with Crippen molar-refractivity contribution in [1.82, 2.24) is 5.32 Å². The molecule has 94 valence electrons. The highest BCUT2D eigenvalue weighted by Gasteiger charge is 2.03. The lowest BCUT2D eigenvalue weighted by Crippen LogP contribution is -2.29.